The van der Waals surface area contributed by atoms with Crippen LogP contribution in [0.2, 0.25) is 0 Å². The van der Waals surface area contributed by atoms with Crippen LogP contribution in [-0.4, -0.2) is 60.4 Å². The molecule has 0 aliphatic carbocycles. The van der Waals surface area contributed by atoms with Crippen LogP contribution in [0.5, 0.6) is 0 Å². The number of ether oxygens (including phenoxy) is 2. The van der Waals surface area contributed by atoms with Gasteiger partial charge in [0.05, 0.1) is 19.1 Å². The molecule has 6 nitrogen and oxygen atoms in total. The number of nitrogens with zero attached hydrogens (tertiary/aromatic N) is 1. The number of rotatable bonds is 6. The summed E-state index contributed by atoms with van der Waals surface area (Å²) in [6.45, 7) is 5.00. The summed E-state index contributed by atoms with van der Waals surface area (Å²) in [5.74, 6) is -0.867. The SMILES string of the molecule is COC(C)(C)C(=O)N1CCC(OCCC(=O)O)CC1. The molecule has 19 heavy (non-hydrogen) atoms. The zero-order valence-electron chi connectivity index (χ0n) is 11.8. The van der Waals surface area contributed by atoms with Gasteiger partial charge in [0.15, 0.2) is 0 Å². The van der Waals surface area contributed by atoms with Gasteiger partial charge in [-0.3, -0.25) is 9.59 Å². The first-order chi connectivity index (χ1) is 8.86. The number of methoxy groups -OCH3 is 1. The largest absolute Gasteiger partial charge is 0.481 e. The van der Waals surface area contributed by atoms with Crippen molar-refractivity contribution in [2.24, 2.45) is 0 Å². The predicted molar refractivity (Wildman–Crippen MR) is 68.9 cm³/mol. The first-order valence-electron chi connectivity index (χ1n) is 6.54. The fourth-order valence-electron chi connectivity index (χ4n) is 2.01. The predicted octanol–water partition coefficient (Wildman–Crippen LogP) is 0.894. The third-order valence-corrected chi connectivity index (χ3v) is 3.42. The van der Waals surface area contributed by atoms with E-state index < -0.39 is 11.6 Å². The second-order valence-electron chi connectivity index (χ2n) is 5.22. The standard InChI is InChI=1S/C13H23NO5/c1-13(2,18-3)12(17)14-7-4-10(5-8-14)19-9-6-11(15)16/h10H,4-9H2,1-3H3,(H,15,16). The van der Waals surface area contributed by atoms with Crippen molar-refractivity contribution in [2.45, 2.75) is 44.8 Å². The summed E-state index contributed by atoms with van der Waals surface area (Å²) < 4.78 is 10.7. The van der Waals surface area contributed by atoms with Gasteiger partial charge >= 0.3 is 5.97 Å². The summed E-state index contributed by atoms with van der Waals surface area (Å²) in [5.41, 5.74) is -0.795. The van der Waals surface area contributed by atoms with Crippen LogP contribution in [0, 0.1) is 0 Å². The van der Waals surface area contributed by atoms with Gasteiger partial charge in [-0.1, -0.05) is 0 Å². The lowest BCUT2D eigenvalue weighted by Gasteiger charge is -2.36. The highest BCUT2D eigenvalue weighted by Gasteiger charge is 2.34. The Hall–Kier alpha value is -1.14. The third kappa shape index (κ3) is 4.80. The van der Waals surface area contributed by atoms with E-state index in [0.29, 0.717) is 13.1 Å². The fourth-order valence-corrected chi connectivity index (χ4v) is 2.01. The molecular formula is C13H23NO5. The lowest BCUT2D eigenvalue weighted by molar-refractivity contribution is -0.153. The molecule has 0 aromatic carbocycles. The van der Waals surface area contributed by atoms with Gasteiger partial charge in [-0.25, -0.2) is 0 Å². The first-order valence-corrected chi connectivity index (χ1v) is 6.54. The molecule has 0 radical (unpaired) electrons. The second-order valence-corrected chi connectivity index (χ2v) is 5.22. The normalized spacial score (nSPS) is 17.5. The Morgan fingerprint density at radius 2 is 1.89 bits per heavy atom. The maximum Gasteiger partial charge on any atom is 0.305 e. The Morgan fingerprint density at radius 3 is 2.37 bits per heavy atom. The second kappa shape index (κ2) is 6.86. The number of likely N-dealkylation sites (tertiary alicyclic amines) is 1. The van der Waals surface area contributed by atoms with E-state index in [4.69, 9.17) is 14.6 Å². The van der Waals surface area contributed by atoms with E-state index in [9.17, 15) is 9.59 Å². The van der Waals surface area contributed by atoms with E-state index in [-0.39, 0.29) is 25.0 Å². The van der Waals surface area contributed by atoms with Gasteiger partial charge in [-0.05, 0) is 26.7 Å². The molecule has 0 atom stereocenters. The van der Waals surface area contributed by atoms with Crippen molar-refractivity contribution in [1.29, 1.82) is 0 Å². The van der Waals surface area contributed by atoms with Gasteiger partial charge in [0, 0.05) is 20.2 Å². The van der Waals surface area contributed by atoms with Gasteiger partial charge in [0.1, 0.15) is 5.60 Å². The monoisotopic (exact) mass is 273 g/mol. The van der Waals surface area contributed by atoms with Crippen LogP contribution in [0.1, 0.15) is 33.1 Å². The smallest absolute Gasteiger partial charge is 0.305 e. The molecule has 110 valence electrons. The molecule has 1 aliphatic heterocycles. The number of carboxylic acid groups (broad SMARTS) is 1. The van der Waals surface area contributed by atoms with E-state index >= 15 is 0 Å². The molecule has 0 unspecified atom stereocenters. The van der Waals surface area contributed by atoms with Crippen LogP contribution in [0.25, 0.3) is 0 Å². The molecule has 0 aromatic heterocycles. The summed E-state index contributed by atoms with van der Waals surface area (Å²) in [6, 6.07) is 0. The molecule has 1 amide bonds. The lowest BCUT2D eigenvalue weighted by Crippen LogP contribution is -2.50. The summed E-state index contributed by atoms with van der Waals surface area (Å²) in [6.07, 6.45) is 1.56. The van der Waals surface area contributed by atoms with Crippen LogP contribution in [0.15, 0.2) is 0 Å². The fraction of sp³-hybridized carbons (Fsp3) is 0.846. The number of piperidine rings is 1. The van der Waals surface area contributed by atoms with Crippen molar-refractivity contribution in [3.8, 4) is 0 Å². The molecule has 0 spiro atoms. The molecule has 1 fully saturated rings. The van der Waals surface area contributed by atoms with E-state index in [2.05, 4.69) is 0 Å². The van der Waals surface area contributed by atoms with Gasteiger partial charge < -0.3 is 19.5 Å². The van der Waals surface area contributed by atoms with E-state index in [0.717, 1.165) is 12.8 Å². The molecule has 1 rings (SSSR count). The van der Waals surface area contributed by atoms with Crippen molar-refractivity contribution >= 4 is 11.9 Å². The van der Waals surface area contributed by atoms with Crippen LogP contribution < -0.4 is 0 Å². The number of aliphatic carboxylic acids is 1. The Bertz CT molecular complexity index is 321. The van der Waals surface area contributed by atoms with E-state index in [1.807, 2.05) is 0 Å². The highest BCUT2D eigenvalue weighted by molar-refractivity contribution is 5.84. The Morgan fingerprint density at radius 1 is 1.32 bits per heavy atom. The van der Waals surface area contributed by atoms with Crippen LogP contribution >= 0.6 is 0 Å². The molecule has 0 bridgehead atoms. The molecule has 1 saturated heterocycles. The maximum atomic E-state index is 12.1. The molecule has 1 N–H and O–H groups in total. The lowest BCUT2D eigenvalue weighted by atomic mass is 10.0. The maximum absolute atomic E-state index is 12.1. The minimum absolute atomic E-state index is 0.0148. The van der Waals surface area contributed by atoms with Crippen molar-refractivity contribution in [1.82, 2.24) is 4.90 Å². The van der Waals surface area contributed by atoms with Crippen LogP contribution in [0.4, 0.5) is 0 Å². The van der Waals surface area contributed by atoms with Gasteiger partial charge in [-0.15, -0.1) is 0 Å². The van der Waals surface area contributed by atoms with Crippen LogP contribution in [-0.2, 0) is 19.1 Å². The summed E-state index contributed by atoms with van der Waals surface area (Å²) >= 11 is 0. The number of carbonyl (C=O) groups is 2. The minimum Gasteiger partial charge on any atom is -0.481 e. The average molecular weight is 273 g/mol. The zero-order valence-corrected chi connectivity index (χ0v) is 11.8. The van der Waals surface area contributed by atoms with E-state index in [1.165, 1.54) is 7.11 Å². The van der Waals surface area contributed by atoms with Crippen molar-refractivity contribution in [3.05, 3.63) is 0 Å². The summed E-state index contributed by atoms with van der Waals surface area (Å²) in [7, 11) is 1.53. The number of amides is 1. The van der Waals surface area contributed by atoms with Crippen molar-refractivity contribution in [2.75, 3.05) is 26.8 Å². The molecule has 6 heteroatoms. The van der Waals surface area contributed by atoms with Crippen molar-refractivity contribution in [3.63, 3.8) is 0 Å². The topological polar surface area (TPSA) is 76.1 Å². The van der Waals surface area contributed by atoms with Crippen LogP contribution in [0.3, 0.4) is 0 Å². The molecule has 0 saturated carbocycles. The summed E-state index contributed by atoms with van der Waals surface area (Å²) in [5, 5.41) is 8.53. The number of carbonyl (C=O) groups excluding carboxylic acids is 1. The minimum atomic E-state index is -0.852. The number of carboxylic acids is 1. The molecule has 0 aromatic rings. The van der Waals surface area contributed by atoms with Gasteiger partial charge in [0.25, 0.3) is 5.91 Å². The summed E-state index contributed by atoms with van der Waals surface area (Å²) in [4.78, 5) is 24.3. The highest BCUT2D eigenvalue weighted by atomic mass is 16.5. The number of hydrogen-bond donors (Lipinski definition) is 1. The van der Waals surface area contributed by atoms with Gasteiger partial charge in [-0.2, -0.15) is 0 Å². The highest BCUT2D eigenvalue weighted by Crippen LogP contribution is 2.19. The quantitative estimate of drug-likeness (QED) is 0.778. The average Bonchev–Trinajstić information content (AvgIpc) is 2.38. The van der Waals surface area contributed by atoms with Gasteiger partial charge in [0.2, 0.25) is 0 Å². The molecule has 1 heterocycles. The Labute approximate surface area is 113 Å². The van der Waals surface area contributed by atoms with Crippen molar-refractivity contribution < 1.29 is 24.2 Å². The Kier molecular flexibility index (Phi) is 5.75. The molecule has 1 aliphatic rings. The first kappa shape index (κ1) is 15.9. The third-order valence-electron chi connectivity index (χ3n) is 3.42. The van der Waals surface area contributed by atoms with E-state index in [1.54, 1.807) is 18.7 Å². The zero-order chi connectivity index (χ0) is 14.5. The Balaban J connectivity index is 2.33. The molecular weight excluding hydrogens is 250 g/mol. The number of hydrogen-bond acceptors (Lipinski definition) is 4.